The van der Waals surface area contributed by atoms with Crippen molar-refractivity contribution >= 4 is 22.8 Å². The number of Topliss-reactive ketones (excluding diaryl/α,β-unsaturated/α-hetero) is 1. The third kappa shape index (κ3) is 4.97. The summed E-state index contributed by atoms with van der Waals surface area (Å²) in [5, 5.41) is 3.43. The Morgan fingerprint density at radius 3 is 2.31 bits per heavy atom. The summed E-state index contributed by atoms with van der Waals surface area (Å²) in [6.45, 7) is 8.46. The first kappa shape index (κ1) is 23.3. The Balaban J connectivity index is 0.000000231. The first-order valence-corrected chi connectivity index (χ1v) is 10.1. The van der Waals surface area contributed by atoms with Gasteiger partial charge in [-0.15, -0.1) is 11.3 Å². The molecule has 0 aromatic carbocycles. The van der Waals surface area contributed by atoms with Crippen molar-refractivity contribution in [2.75, 3.05) is 6.54 Å². The average Bonchev–Trinajstić information content (AvgIpc) is 3.20. The Labute approximate surface area is 173 Å². The van der Waals surface area contributed by atoms with Gasteiger partial charge in [-0.2, -0.15) is 13.2 Å². The molecule has 2 aromatic heterocycles. The maximum absolute atomic E-state index is 12.5. The first-order valence-electron chi connectivity index (χ1n) is 9.24. The van der Waals surface area contributed by atoms with Gasteiger partial charge in [0.15, 0.2) is 5.78 Å². The van der Waals surface area contributed by atoms with Crippen molar-refractivity contribution in [3.63, 3.8) is 0 Å². The standard InChI is InChI=1S/C11H8F3NO2S.C9H15N.CH4/c1-5-9(15-17-10(5)11(12,13)14)8-4-3-7(18-8)6(2)16;1-6(2)9-5-10-8-3-7(9)4-8;/h3-4H,1-2H3;6-7,9H,3-5H2,1-2H3;1H4. The molecule has 4 nitrogen and oxygen atoms in total. The molecule has 0 spiro atoms. The molecule has 29 heavy (non-hydrogen) atoms. The molecule has 1 unspecified atom stereocenters. The van der Waals surface area contributed by atoms with Crippen molar-refractivity contribution in [1.82, 2.24) is 5.16 Å². The van der Waals surface area contributed by atoms with Gasteiger partial charge in [-0.3, -0.25) is 9.79 Å². The number of nitrogens with zero attached hydrogens (tertiary/aromatic N) is 2. The van der Waals surface area contributed by atoms with Gasteiger partial charge in [0.2, 0.25) is 5.76 Å². The molecule has 1 fully saturated rings. The van der Waals surface area contributed by atoms with Crippen LogP contribution in [-0.4, -0.2) is 23.2 Å². The summed E-state index contributed by atoms with van der Waals surface area (Å²) in [6.07, 6.45) is -1.91. The quantitative estimate of drug-likeness (QED) is 0.512. The predicted octanol–water partition coefficient (Wildman–Crippen LogP) is 6.69. The van der Waals surface area contributed by atoms with Gasteiger partial charge in [-0.1, -0.05) is 26.4 Å². The smallest absolute Gasteiger partial charge is 0.351 e. The van der Waals surface area contributed by atoms with Crippen LogP contribution in [0.15, 0.2) is 21.6 Å². The lowest BCUT2D eigenvalue weighted by atomic mass is 9.68. The van der Waals surface area contributed by atoms with Crippen LogP contribution in [0.2, 0.25) is 0 Å². The van der Waals surface area contributed by atoms with Gasteiger partial charge in [-0.05, 0) is 56.6 Å². The minimum atomic E-state index is -4.56. The van der Waals surface area contributed by atoms with E-state index in [2.05, 4.69) is 28.5 Å². The Morgan fingerprint density at radius 1 is 1.28 bits per heavy atom. The number of hydrogen-bond acceptors (Lipinski definition) is 5. The third-order valence-corrected chi connectivity index (χ3v) is 6.54. The first-order chi connectivity index (χ1) is 13.1. The minimum absolute atomic E-state index is 0. The monoisotopic (exact) mass is 428 g/mol. The van der Waals surface area contributed by atoms with E-state index in [9.17, 15) is 18.0 Å². The van der Waals surface area contributed by atoms with Gasteiger partial charge in [0.05, 0.1) is 9.75 Å². The molecule has 0 radical (unpaired) electrons. The van der Waals surface area contributed by atoms with Gasteiger partial charge in [0, 0.05) is 17.8 Å². The SMILES string of the molecule is C.CC(=O)c1ccc(-c2noc(C(F)(F)F)c2C)s1.CC(C)C1CN=C2CC1C2. The van der Waals surface area contributed by atoms with E-state index in [4.69, 9.17) is 0 Å². The fraction of sp³-hybridized carbons (Fsp3) is 0.571. The molecule has 0 saturated heterocycles. The number of carbonyl (C=O) groups is 1. The number of aliphatic imine (C=N–C) groups is 1. The molecule has 3 aliphatic rings. The van der Waals surface area contributed by atoms with Crippen LogP contribution < -0.4 is 0 Å². The second-order valence-corrected chi connectivity index (χ2v) is 8.77. The second kappa shape index (κ2) is 8.81. The van der Waals surface area contributed by atoms with Gasteiger partial charge >= 0.3 is 6.18 Å². The zero-order valence-electron chi connectivity index (χ0n) is 16.3. The summed E-state index contributed by atoms with van der Waals surface area (Å²) < 4.78 is 41.9. The maximum atomic E-state index is 12.5. The van der Waals surface area contributed by atoms with E-state index < -0.39 is 11.9 Å². The predicted molar refractivity (Wildman–Crippen MR) is 110 cm³/mol. The number of hydrogen-bond donors (Lipinski definition) is 0. The molecule has 2 aromatic rings. The Morgan fingerprint density at radius 2 is 1.93 bits per heavy atom. The third-order valence-electron chi connectivity index (χ3n) is 5.35. The number of aromatic nitrogens is 1. The summed E-state index contributed by atoms with van der Waals surface area (Å²) in [5.41, 5.74) is 1.54. The number of thiophene rings is 1. The van der Waals surface area contributed by atoms with Crippen LogP contribution in [0.25, 0.3) is 10.6 Å². The Hall–Kier alpha value is -1.96. The van der Waals surface area contributed by atoms with Crippen molar-refractivity contribution in [1.29, 1.82) is 0 Å². The molecule has 2 aliphatic heterocycles. The Kier molecular flexibility index (Phi) is 7.09. The van der Waals surface area contributed by atoms with Crippen molar-refractivity contribution < 1.29 is 22.5 Å². The van der Waals surface area contributed by atoms with E-state index in [0.717, 1.165) is 35.6 Å². The van der Waals surface area contributed by atoms with Crippen LogP contribution in [0, 0.1) is 24.7 Å². The summed E-state index contributed by atoms with van der Waals surface area (Å²) in [5.74, 6) is 1.51. The lowest BCUT2D eigenvalue weighted by molar-refractivity contribution is -0.156. The van der Waals surface area contributed by atoms with Crippen LogP contribution in [0.1, 0.15) is 62.0 Å². The molecule has 2 bridgehead atoms. The molecule has 0 amide bonds. The molecule has 1 aliphatic carbocycles. The highest BCUT2D eigenvalue weighted by Gasteiger charge is 2.39. The molecular weight excluding hydrogens is 401 g/mol. The van der Waals surface area contributed by atoms with Crippen LogP contribution in [-0.2, 0) is 6.18 Å². The lowest BCUT2D eigenvalue weighted by Crippen LogP contribution is -2.39. The zero-order valence-corrected chi connectivity index (χ0v) is 17.1. The van der Waals surface area contributed by atoms with E-state index in [-0.39, 0.29) is 24.5 Å². The highest BCUT2D eigenvalue weighted by Crippen LogP contribution is 2.40. The van der Waals surface area contributed by atoms with Crippen molar-refractivity contribution in [2.24, 2.45) is 22.7 Å². The topological polar surface area (TPSA) is 55.5 Å². The summed E-state index contributed by atoms with van der Waals surface area (Å²) >= 11 is 1.09. The van der Waals surface area contributed by atoms with Crippen molar-refractivity contribution in [2.45, 2.75) is 54.1 Å². The van der Waals surface area contributed by atoms with Gasteiger partial charge in [0.1, 0.15) is 5.69 Å². The van der Waals surface area contributed by atoms with Crippen LogP contribution in [0.5, 0.6) is 0 Å². The molecule has 1 atom stereocenters. The molecule has 1 saturated carbocycles. The van der Waals surface area contributed by atoms with Crippen molar-refractivity contribution in [3.05, 3.63) is 28.3 Å². The van der Waals surface area contributed by atoms with Gasteiger partial charge in [-0.25, -0.2) is 0 Å². The highest BCUT2D eigenvalue weighted by molar-refractivity contribution is 7.17. The molecule has 5 rings (SSSR count). The largest absolute Gasteiger partial charge is 0.452 e. The fourth-order valence-electron chi connectivity index (χ4n) is 3.60. The maximum Gasteiger partial charge on any atom is 0.452 e. The second-order valence-electron chi connectivity index (χ2n) is 7.69. The molecular formula is C21H27F3N2O2S. The zero-order chi connectivity index (χ0) is 20.6. The van der Waals surface area contributed by atoms with E-state index >= 15 is 0 Å². The highest BCUT2D eigenvalue weighted by atomic mass is 32.1. The molecule has 160 valence electrons. The molecule has 4 heterocycles. The van der Waals surface area contributed by atoms with Crippen LogP contribution in [0.4, 0.5) is 13.2 Å². The fourth-order valence-corrected chi connectivity index (χ4v) is 4.54. The summed E-state index contributed by atoms with van der Waals surface area (Å²) in [6, 6.07) is 3.12. The number of ketones is 1. The number of halogens is 3. The van der Waals surface area contributed by atoms with E-state index in [0.29, 0.717) is 9.75 Å². The van der Waals surface area contributed by atoms with Crippen LogP contribution in [0.3, 0.4) is 0 Å². The van der Waals surface area contributed by atoms with E-state index in [1.54, 1.807) is 12.1 Å². The van der Waals surface area contributed by atoms with Gasteiger partial charge in [0.25, 0.3) is 0 Å². The number of rotatable bonds is 3. The Bertz CT molecular complexity index is 888. The molecule has 0 N–H and O–H groups in total. The number of alkyl halides is 3. The summed E-state index contributed by atoms with van der Waals surface area (Å²) in [7, 11) is 0. The van der Waals surface area contributed by atoms with E-state index in [1.165, 1.54) is 32.4 Å². The molecule has 8 heteroatoms. The van der Waals surface area contributed by atoms with Crippen LogP contribution >= 0.6 is 11.3 Å². The number of carbonyl (C=O) groups excluding carboxylic acids is 1. The minimum Gasteiger partial charge on any atom is -0.351 e. The van der Waals surface area contributed by atoms with E-state index in [1.807, 2.05) is 0 Å². The normalized spacial score (nSPS) is 20.2. The lowest BCUT2D eigenvalue weighted by Gasteiger charge is -2.41. The average molecular weight is 429 g/mol. The van der Waals surface area contributed by atoms with Crippen molar-refractivity contribution in [3.8, 4) is 10.6 Å². The summed E-state index contributed by atoms with van der Waals surface area (Å²) in [4.78, 5) is 16.6. The number of fused-ring (bicyclic) bond motifs is 2. The van der Waals surface area contributed by atoms with Gasteiger partial charge < -0.3 is 4.52 Å².